The first-order valence-corrected chi connectivity index (χ1v) is 14.0. The second-order valence-corrected chi connectivity index (χ2v) is 10.7. The summed E-state index contributed by atoms with van der Waals surface area (Å²) in [4.78, 5) is 0. The molecule has 0 bridgehead atoms. The molecule has 190 valence electrons. The van der Waals surface area contributed by atoms with Crippen LogP contribution < -0.4 is 4.74 Å². The summed E-state index contributed by atoms with van der Waals surface area (Å²) < 4.78 is 33.8. The van der Waals surface area contributed by atoms with Gasteiger partial charge >= 0.3 is 0 Å². The molecule has 3 heteroatoms. The summed E-state index contributed by atoms with van der Waals surface area (Å²) >= 11 is 0. The standard InChI is InChI=1S/C32H42F2O/c1-3-7-24-12-15-29-22-28(17-16-27(29)21-24)25-13-10-23(11-14-25)8-5-6-9-26-18-19-30(35-20-4-2)32(34)31(26)33/h5,8,12,15,18-19,21,23,25,28H,3-4,6-7,9-11,13-14,16-17,20,22H2,1-2H3/b8-5+. The lowest BCUT2D eigenvalue weighted by Crippen LogP contribution is -2.26. The predicted molar refractivity (Wildman–Crippen MR) is 141 cm³/mol. The molecular weight excluding hydrogens is 438 g/mol. The van der Waals surface area contributed by atoms with Gasteiger partial charge in [0.05, 0.1) is 6.61 Å². The lowest BCUT2D eigenvalue weighted by atomic mass is 9.69. The third-order valence-electron chi connectivity index (χ3n) is 8.14. The fourth-order valence-corrected chi connectivity index (χ4v) is 6.11. The predicted octanol–water partition coefficient (Wildman–Crippen LogP) is 8.81. The summed E-state index contributed by atoms with van der Waals surface area (Å²) in [5.74, 6) is 0.724. The zero-order valence-corrected chi connectivity index (χ0v) is 21.6. The van der Waals surface area contributed by atoms with Crippen molar-refractivity contribution in [2.45, 2.75) is 90.9 Å². The number of allylic oxidation sites excluding steroid dienone is 2. The minimum absolute atomic E-state index is 0.0168. The maximum absolute atomic E-state index is 14.4. The number of hydrogen-bond acceptors (Lipinski definition) is 1. The van der Waals surface area contributed by atoms with Crippen LogP contribution in [-0.2, 0) is 25.7 Å². The molecule has 0 radical (unpaired) electrons. The molecule has 0 heterocycles. The quantitative estimate of drug-likeness (QED) is 0.309. The van der Waals surface area contributed by atoms with Crippen LogP contribution in [0.3, 0.4) is 0 Å². The summed E-state index contributed by atoms with van der Waals surface area (Å²) in [5.41, 5.74) is 5.13. The summed E-state index contributed by atoms with van der Waals surface area (Å²) in [6, 6.07) is 10.4. The van der Waals surface area contributed by atoms with Gasteiger partial charge in [-0.25, -0.2) is 4.39 Å². The monoisotopic (exact) mass is 480 g/mol. The van der Waals surface area contributed by atoms with E-state index >= 15 is 0 Å². The Hall–Kier alpha value is -2.16. The molecule has 1 atom stereocenters. The van der Waals surface area contributed by atoms with Gasteiger partial charge in [0.1, 0.15) is 0 Å². The first-order chi connectivity index (χ1) is 17.1. The van der Waals surface area contributed by atoms with Crippen molar-refractivity contribution in [2.75, 3.05) is 6.61 Å². The summed E-state index contributed by atoms with van der Waals surface area (Å²) in [6.45, 7) is 4.60. The number of fused-ring (bicyclic) bond motifs is 1. The normalized spacial score (nSPS) is 22.3. The molecule has 1 unspecified atom stereocenters. The van der Waals surface area contributed by atoms with Gasteiger partial charge in [-0.2, -0.15) is 4.39 Å². The van der Waals surface area contributed by atoms with E-state index in [9.17, 15) is 8.78 Å². The van der Waals surface area contributed by atoms with Crippen LogP contribution in [0.4, 0.5) is 8.78 Å². The fraction of sp³-hybridized carbons (Fsp3) is 0.562. The van der Waals surface area contributed by atoms with Crippen LogP contribution in [0.5, 0.6) is 5.75 Å². The van der Waals surface area contributed by atoms with E-state index in [1.54, 1.807) is 23.3 Å². The van der Waals surface area contributed by atoms with E-state index < -0.39 is 11.6 Å². The van der Waals surface area contributed by atoms with E-state index in [1.165, 1.54) is 63.4 Å². The molecule has 0 aromatic heterocycles. The maximum Gasteiger partial charge on any atom is 0.200 e. The highest BCUT2D eigenvalue weighted by Crippen LogP contribution is 2.40. The average molecular weight is 481 g/mol. The number of ether oxygens (including phenoxy) is 1. The minimum Gasteiger partial charge on any atom is -0.490 e. The van der Waals surface area contributed by atoms with Crippen molar-refractivity contribution in [3.63, 3.8) is 0 Å². The molecule has 0 amide bonds. The average Bonchev–Trinajstić information content (AvgIpc) is 2.88. The van der Waals surface area contributed by atoms with Crippen molar-refractivity contribution < 1.29 is 13.5 Å². The van der Waals surface area contributed by atoms with Crippen molar-refractivity contribution in [3.8, 4) is 5.75 Å². The molecule has 2 aromatic carbocycles. The SMILES string of the molecule is CCCOc1ccc(CC/C=C/C2CCC(C3CCc4cc(CCC)ccc4C3)CC2)c(F)c1F. The Morgan fingerprint density at radius 2 is 1.69 bits per heavy atom. The molecule has 2 aromatic rings. The first-order valence-electron chi connectivity index (χ1n) is 14.0. The highest BCUT2D eigenvalue weighted by atomic mass is 19.2. The van der Waals surface area contributed by atoms with Crippen LogP contribution in [0, 0.1) is 29.4 Å². The van der Waals surface area contributed by atoms with Gasteiger partial charge in [-0.1, -0.05) is 56.7 Å². The number of halogens is 2. The number of hydrogen-bond donors (Lipinski definition) is 0. The second-order valence-electron chi connectivity index (χ2n) is 10.7. The van der Waals surface area contributed by atoms with Crippen LogP contribution in [0.1, 0.15) is 87.5 Å². The molecule has 1 fully saturated rings. The van der Waals surface area contributed by atoms with Crippen LogP contribution in [-0.4, -0.2) is 6.61 Å². The third-order valence-corrected chi connectivity index (χ3v) is 8.14. The van der Waals surface area contributed by atoms with Gasteiger partial charge in [0.15, 0.2) is 11.6 Å². The highest BCUT2D eigenvalue weighted by Gasteiger charge is 2.29. The van der Waals surface area contributed by atoms with E-state index in [0.717, 1.165) is 24.7 Å². The molecule has 1 nitrogen and oxygen atoms in total. The molecule has 4 rings (SSSR count). The fourth-order valence-electron chi connectivity index (χ4n) is 6.11. The highest BCUT2D eigenvalue weighted by molar-refractivity contribution is 5.34. The minimum atomic E-state index is -0.856. The van der Waals surface area contributed by atoms with Crippen LogP contribution >= 0.6 is 0 Å². The van der Waals surface area contributed by atoms with Crippen molar-refractivity contribution in [2.24, 2.45) is 17.8 Å². The summed E-state index contributed by atoms with van der Waals surface area (Å²) in [6.07, 6.45) is 18.0. The number of rotatable bonds is 10. The summed E-state index contributed by atoms with van der Waals surface area (Å²) in [7, 11) is 0. The second kappa shape index (κ2) is 12.7. The van der Waals surface area contributed by atoms with E-state index in [2.05, 4.69) is 37.3 Å². The Morgan fingerprint density at radius 3 is 2.46 bits per heavy atom. The molecule has 0 saturated heterocycles. The molecular formula is C32H42F2O. The first kappa shape index (κ1) is 25.9. The lowest BCUT2D eigenvalue weighted by Gasteiger charge is -2.36. The largest absolute Gasteiger partial charge is 0.490 e. The van der Waals surface area contributed by atoms with Crippen molar-refractivity contribution in [1.29, 1.82) is 0 Å². The van der Waals surface area contributed by atoms with Gasteiger partial charge in [0.2, 0.25) is 5.82 Å². The van der Waals surface area contributed by atoms with Crippen molar-refractivity contribution in [3.05, 3.63) is 76.4 Å². The Labute approximate surface area is 211 Å². The van der Waals surface area contributed by atoms with Gasteiger partial charge in [0, 0.05) is 0 Å². The Kier molecular flexibility index (Phi) is 9.40. The van der Waals surface area contributed by atoms with Gasteiger partial charge < -0.3 is 4.74 Å². The summed E-state index contributed by atoms with van der Waals surface area (Å²) in [5, 5.41) is 0. The molecule has 0 N–H and O–H groups in total. The Morgan fingerprint density at radius 1 is 0.857 bits per heavy atom. The van der Waals surface area contributed by atoms with Crippen molar-refractivity contribution in [1.82, 2.24) is 0 Å². The van der Waals surface area contributed by atoms with E-state index in [0.29, 0.717) is 24.5 Å². The molecule has 0 spiro atoms. The molecule has 2 aliphatic carbocycles. The maximum atomic E-state index is 14.4. The van der Waals surface area contributed by atoms with E-state index in [1.807, 2.05) is 6.92 Å². The van der Waals surface area contributed by atoms with Gasteiger partial charge in [-0.05, 0) is 117 Å². The Bertz CT molecular complexity index is 987. The molecule has 35 heavy (non-hydrogen) atoms. The molecule has 0 aliphatic heterocycles. The zero-order valence-electron chi connectivity index (χ0n) is 21.6. The number of benzene rings is 2. The van der Waals surface area contributed by atoms with Gasteiger partial charge in [-0.15, -0.1) is 0 Å². The lowest BCUT2D eigenvalue weighted by molar-refractivity contribution is 0.206. The topological polar surface area (TPSA) is 9.23 Å². The van der Waals surface area contributed by atoms with Gasteiger partial charge in [0.25, 0.3) is 0 Å². The van der Waals surface area contributed by atoms with Crippen LogP contribution in [0.15, 0.2) is 42.5 Å². The van der Waals surface area contributed by atoms with Crippen molar-refractivity contribution >= 4 is 0 Å². The van der Waals surface area contributed by atoms with Crippen LogP contribution in [0.2, 0.25) is 0 Å². The smallest absolute Gasteiger partial charge is 0.200 e. The zero-order chi connectivity index (χ0) is 24.6. The van der Waals surface area contributed by atoms with Gasteiger partial charge in [-0.3, -0.25) is 0 Å². The van der Waals surface area contributed by atoms with E-state index in [-0.39, 0.29) is 5.75 Å². The third kappa shape index (κ3) is 6.74. The Balaban J connectivity index is 1.21. The molecule has 1 saturated carbocycles. The number of aryl methyl sites for hydroxylation is 3. The van der Waals surface area contributed by atoms with E-state index in [4.69, 9.17) is 4.74 Å². The van der Waals surface area contributed by atoms with Crippen LogP contribution in [0.25, 0.3) is 0 Å². The molecule has 2 aliphatic rings.